The lowest BCUT2D eigenvalue weighted by Crippen LogP contribution is -2.33. The van der Waals surface area contributed by atoms with Gasteiger partial charge in [-0.25, -0.2) is 0 Å². The van der Waals surface area contributed by atoms with Crippen LogP contribution in [0, 0.1) is 5.41 Å². The zero-order valence-electron chi connectivity index (χ0n) is 13.0. The van der Waals surface area contributed by atoms with E-state index < -0.39 is 0 Å². The van der Waals surface area contributed by atoms with E-state index in [9.17, 15) is 0 Å². The van der Waals surface area contributed by atoms with E-state index >= 15 is 0 Å². The van der Waals surface area contributed by atoms with Crippen LogP contribution in [0.4, 0.5) is 0 Å². The normalized spacial score (nSPS) is 13.2. The minimum Gasteiger partial charge on any atom is -0.484 e. The molecule has 0 bridgehead atoms. The molecular weight excluding hydrogens is 290 g/mol. The lowest BCUT2D eigenvalue weighted by atomic mass is 9.85. The number of nitrogens with two attached hydrogens (primary N) is 1. The van der Waals surface area contributed by atoms with Gasteiger partial charge in [-0.1, -0.05) is 56.3 Å². The summed E-state index contributed by atoms with van der Waals surface area (Å²) in [4.78, 5) is 1.21. The summed E-state index contributed by atoms with van der Waals surface area (Å²) < 4.78 is 6.46. The van der Waals surface area contributed by atoms with Gasteiger partial charge in [0.05, 0.1) is 0 Å². The van der Waals surface area contributed by atoms with Crippen LogP contribution in [0.2, 0.25) is 0 Å². The largest absolute Gasteiger partial charge is 0.484 e. The number of benzene rings is 2. The van der Waals surface area contributed by atoms with Gasteiger partial charge in [-0.2, -0.15) is 0 Å². The standard InChI is InChI=1S/C19H21NOS/c1-19(2,13-20)18(17-11-6-12-22-17)21-16-10-5-8-14-7-3-4-9-15(14)16/h3-12,18H,13,20H2,1-2H3. The van der Waals surface area contributed by atoms with Crippen molar-refractivity contribution in [2.75, 3.05) is 6.54 Å². The van der Waals surface area contributed by atoms with Gasteiger partial charge in [0.25, 0.3) is 0 Å². The maximum atomic E-state index is 6.46. The van der Waals surface area contributed by atoms with Crippen molar-refractivity contribution in [1.82, 2.24) is 0 Å². The Bertz CT molecular complexity index is 744. The molecule has 0 saturated heterocycles. The summed E-state index contributed by atoms with van der Waals surface area (Å²) in [6.45, 7) is 4.88. The fourth-order valence-corrected chi connectivity index (χ4v) is 3.54. The molecule has 2 N–H and O–H groups in total. The van der Waals surface area contributed by atoms with Crippen molar-refractivity contribution in [1.29, 1.82) is 0 Å². The van der Waals surface area contributed by atoms with Crippen molar-refractivity contribution >= 4 is 22.1 Å². The predicted octanol–water partition coefficient (Wildman–Crippen LogP) is 5.01. The Morgan fingerprint density at radius 2 is 1.82 bits per heavy atom. The zero-order valence-corrected chi connectivity index (χ0v) is 13.8. The first-order valence-corrected chi connectivity index (χ1v) is 8.38. The van der Waals surface area contributed by atoms with E-state index in [0.717, 1.165) is 11.1 Å². The minimum atomic E-state index is -0.137. The Labute approximate surface area is 135 Å². The maximum Gasteiger partial charge on any atom is 0.139 e. The Morgan fingerprint density at radius 1 is 1.05 bits per heavy atom. The molecule has 1 aromatic heterocycles. The third-order valence-corrected chi connectivity index (χ3v) is 4.95. The lowest BCUT2D eigenvalue weighted by Gasteiger charge is -2.33. The fraction of sp³-hybridized carbons (Fsp3) is 0.263. The predicted molar refractivity (Wildman–Crippen MR) is 94.5 cm³/mol. The summed E-state index contributed by atoms with van der Waals surface area (Å²) in [7, 11) is 0. The highest BCUT2D eigenvalue weighted by Crippen LogP contribution is 2.40. The van der Waals surface area contributed by atoms with E-state index in [2.05, 4.69) is 49.6 Å². The van der Waals surface area contributed by atoms with Gasteiger partial charge in [-0.3, -0.25) is 0 Å². The first kappa shape index (κ1) is 15.1. The number of thiophene rings is 1. The van der Waals surface area contributed by atoms with Crippen molar-refractivity contribution in [3.05, 3.63) is 64.9 Å². The van der Waals surface area contributed by atoms with E-state index in [1.54, 1.807) is 11.3 Å². The van der Waals surface area contributed by atoms with E-state index in [0.29, 0.717) is 6.54 Å². The molecule has 0 amide bonds. The molecule has 0 aliphatic rings. The molecule has 114 valence electrons. The second kappa shape index (κ2) is 6.11. The van der Waals surface area contributed by atoms with Gasteiger partial charge in [-0.05, 0) is 22.9 Å². The second-order valence-corrected chi connectivity index (χ2v) is 7.16. The lowest BCUT2D eigenvalue weighted by molar-refractivity contribution is 0.0836. The van der Waals surface area contributed by atoms with Crippen LogP contribution >= 0.6 is 11.3 Å². The van der Waals surface area contributed by atoms with Crippen LogP contribution in [0.1, 0.15) is 24.8 Å². The highest BCUT2D eigenvalue weighted by molar-refractivity contribution is 7.10. The van der Waals surface area contributed by atoms with Crippen LogP contribution in [0.3, 0.4) is 0 Å². The molecule has 1 heterocycles. The van der Waals surface area contributed by atoms with Crippen LogP contribution < -0.4 is 10.5 Å². The third-order valence-electron chi connectivity index (χ3n) is 4.03. The van der Waals surface area contributed by atoms with Gasteiger partial charge >= 0.3 is 0 Å². The molecule has 22 heavy (non-hydrogen) atoms. The molecule has 0 fully saturated rings. The summed E-state index contributed by atoms with van der Waals surface area (Å²) in [5.74, 6) is 0.915. The van der Waals surface area contributed by atoms with Gasteiger partial charge in [-0.15, -0.1) is 11.3 Å². The number of hydrogen-bond donors (Lipinski definition) is 1. The van der Waals surface area contributed by atoms with Crippen molar-refractivity contribution in [3.8, 4) is 5.75 Å². The molecule has 0 saturated carbocycles. The van der Waals surface area contributed by atoms with E-state index in [-0.39, 0.29) is 11.5 Å². The summed E-state index contributed by atoms with van der Waals surface area (Å²) in [6.07, 6.45) is -0.0525. The molecule has 0 radical (unpaired) electrons. The van der Waals surface area contributed by atoms with Crippen LogP contribution in [0.25, 0.3) is 10.8 Å². The molecule has 2 aromatic carbocycles. The Balaban J connectivity index is 2.03. The first-order chi connectivity index (χ1) is 10.6. The summed E-state index contributed by atoms with van der Waals surface area (Å²) in [6, 6.07) is 18.7. The van der Waals surface area contributed by atoms with Gasteiger partial charge in [0.1, 0.15) is 11.9 Å². The van der Waals surface area contributed by atoms with E-state index in [1.807, 2.05) is 24.3 Å². The van der Waals surface area contributed by atoms with Gasteiger partial charge < -0.3 is 10.5 Å². The molecule has 0 spiro atoms. The smallest absolute Gasteiger partial charge is 0.139 e. The van der Waals surface area contributed by atoms with Crippen molar-refractivity contribution in [3.63, 3.8) is 0 Å². The average Bonchev–Trinajstić information content (AvgIpc) is 3.06. The van der Waals surface area contributed by atoms with Crippen LogP contribution in [-0.2, 0) is 0 Å². The highest BCUT2D eigenvalue weighted by Gasteiger charge is 2.32. The molecule has 1 atom stereocenters. The Morgan fingerprint density at radius 3 is 2.55 bits per heavy atom. The zero-order chi connectivity index (χ0) is 15.6. The van der Waals surface area contributed by atoms with Gasteiger partial charge in [0.15, 0.2) is 0 Å². The minimum absolute atomic E-state index is 0.0525. The van der Waals surface area contributed by atoms with E-state index in [4.69, 9.17) is 10.5 Å². The molecule has 3 aromatic rings. The van der Waals surface area contributed by atoms with Crippen molar-refractivity contribution in [2.45, 2.75) is 20.0 Å². The van der Waals surface area contributed by atoms with Crippen LogP contribution in [0.5, 0.6) is 5.75 Å². The third kappa shape index (κ3) is 2.87. The number of fused-ring (bicyclic) bond motifs is 1. The highest BCUT2D eigenvalue weighted by atomic mass is 32.1. The molecule has 3 heteroatoms. The topological polar surface area (TPSA) is 35.2 Å². The maximum absolute atomic E-state index is 6.46. The summed E-state index contributed by atoms with van der Waals surface area (Å²) in [5.41, 5.74) is 5.87. The first-order valence-electron chi connectivity index (χ1n) is 7.50. The molecule has 0 aliphatic carbocycles. The van der Waals surface area contributed by atoms with Crippen LogP contribution in [0.15, 0.2) is 60.0 Å². The second-order valence-electron chi connectivity index (χ2n) is 6.18. The number of hydrogen-bond acceptors (Lipinski definition) is 3. The molecule has 1 unspecified atom stereocenters. The molecule has 3 rings (SSSR count). The van der Waals surface area contributed by atoms with E-state index in [1.165, 1.54) is 10.3 Å². The van der Waals surface area contributed by atoms with Crippen LogP contribution in [-0.4, -0.2) is 6.54 Å². The number of rotatable bonds is 5. The Hall–Kier alpha value is -1.84. The molecule has 0 aliphatic heterocycles. The average molecular weight is 311 g/mol. The monoisotopic (exact) mass is 311 g/mol. The van der Waals surface area contributed by atoms with Crippen molar-refractivity contribution in [2.24, 2.45) is 11.1 Å². The molecular formula is C19H21NOS. The van der Waals surface area contributed by atoms with Gasteiger partial charge in [0.2, 0.25) is 0 Å². The molecule has 2 nitrogen and oxygen atoms in total. The van der Waals surface area contributed by atoms with Gasteiger partial charge in [0, 0.05) is 22.2 Å². The fourth-order valence-electron chi connectivity index (χ4n) is 2.58. The van der Waals surface area contributed by atoms with Crippen molar-refractivity contribution < 1.29 is 4.74 Å². The quantitative estimate of drug-likeness (QED) is 0.719. The summed E-state index contributed by atoms with van der Waals surface area (Å²) in [5, 5.41) is 4.41. The number of ether oxygens (including phenoxy) is 1. The summed E-state index contributed by atoms with van der Waals surface area (Å²) >= 11 is 1.72. The SMILES string of the molecule is CC(C)(CN)C(Oc1cccc2ccccc12)c1cccs1. The Kier molecular flexibility index (Phi) is 4.19.